The number of hydrogen-bond donors (Lipinski definition) is 1. The first kappa shape index (κ1) is 14.0. The fraction of sp³-hybridized carbons (Fsp3) is 0. The van der Waals surface area contributed by atoms with E-state index in [9.17, 15) is 14.9 Å². The highest BCUT2D eigenvalue weighted by Crippen LogP contribution is 2.25. The summed E-state index contributed by atoms with van der Waals surface area (Å²) in [5.74, 6) is -1.31. The van der Waals surface area contributed by atoms with Crippen LogP contribution in [0.4, 0.5) is 5.69 Å². The Labute approximate surface area is 118 Å². The minimum Gasteiger partial charge on any atom is -0.477 e. The molecule has 21 heavy (non-hydrogen) atoms. The number of pyridine rings is 1. The maximum atomic E-state index is 11.0. The highest BCUT2D eigenvalue weighted by atomic mass is 16.6. The van der Waals surface area contributed by atoms with Crippen molar-refractivity contribution < 1.29 is 19.6 Å². The Balaban J connectivity index is 2.37. The van der Waals surface area contributed by atoms with Crippen LogP contribution in [0, 0.1) is 21.4 Å². The van der Waals surface area contributed by atoms with Crippen molar-refractivity contribution in [1.82, 2.24) is 4.98 Å². The van der Waals surface area contributed by atoms with Gasteiger partial charge < -0.3 is 9.84 Å². The van der Waals surface area contributed by atoms with Crippen LogP contribution in [-0.4, -0.2) is 21.0 Å². The van der Waals surface area contributed by atoms with Gasteiger partial charge in [-0.15, -0.1) is 0 Å². The van der Waals surface area contributed by atoms with Crippen LogP contribution in [0.1, 0.15) is 15.9 Å². The van der Waals surface area contributed by atoms with Gasteiger partial charge in [0, 0.05) is 6.07 Å². The molecule has 0 aliphatic rings. The first-order valence-corrected chi connectivity index (χ1v) is 5.57. The molecule has 0 saturated heterocycles. The van der Waals surface area contributed by atoms with Crippen LogP contribution < -0.4 is 4.74 Å². The van der Waals surface area contributed by atoms with Crippen LogP contribution in [-0.2, 0) is 0 Å². The van der Waals surface area contributed by atoms with Gasteiger partial charge in [0.05, 0.1) is 16.6 Å². The topological polar surface area (TPSA) is 126 Å². The fourth-order valence-corrected chi connectivity index (χ4v) is 1.55. The minimum absolute atomic E-state index is 0.118. The smallest absolute Gasteiger partial charge is 0.342 e. The summed E-state index contributed by atoms with van der Waals surface area (Å²) in [6.45, 7) is 0. The Morgan fingerprint density at radius 2 is 2.19 bits per heavy atom. The van der Waals surface area contributed by atoms with Crippen molar-refractivity contribution in [2.24, 2.45) is 0 Å². The first-order valence-electron chi connectivity index (χ1n) is 5.57. The number of aromatic nitrogens is 1. The SMILES string of the molecule is N#Cc1cccc(Oc2cc(C(=O)O)c([N+](=O)[O-])cn2)c1. The molecule has 0 spiro atoms. The Bertz CT molecular complexity index is 767. The maximum Gasteiger partial charge on any atom is 0.342 e. The van der Waals surface area contributed by atoms with Gasteiger partial charge in [-0.2, -0.15) is 5.26 Å². The van der Waals surface area contributed by atoms with E-state index >= 15 is 0 Å². The molecule has 2 rings (SSSR count). The van der Waals surface area contributed by atoms with E-state index in [1.807, 2.05) is 6.07 Å². The molecule has 0 amide bonds. The van der Waals surface area contributed by atoms with Gasteiger partial charge in [0.15, 0.2) is 0 Å². The molecule has 104 valence electrons. The van der Waals surface area contributed by atoms with Gasteiger partial charge in [-0.3, -0.25) is 10.1 Å². The van der Waals surface area contributed by atoms with Gasteiger partial charge in [0.25, 0.3) is 0 Å². The third kappa shape index (κ3) is 3.10. The van der Waals surface area contributed by atoms with Crippen LogP contribution >= 0.6 is 0 Å². The zero-order chi connectivity index (χ0) is 15.4. The average molecular weight is 285 g/mol. The summed E-state index contributed by atoms with van der Waals surface area (Å²) in [7, 11) is 0. The first-order chi connectivity index (χ1) is 10.0. The molecule has 8 heteroatoms. The molecule has 1 N–H and O–H groups in total. The second-order valence-corrected chi connectivity index (χ2v) is 3.84. The number of nitrogens with zero attached hydrogens (tertiary/aromatic N) is 3. The number of benzene rings is 1. The quantitative estimate of drug-likeness (QED) is 0.674. The lowest BCUT2D eigenvalue weighted by molar-refractivity contribution is -0.385. The number of nitriles is 1. The number of aromatic carboxylic acids is 1. The summed E-state index contributed by atoms with van der Waals surface area (Å²) in [5.41, 5.74) is -0.796. The molecule has 0 aliphatic carbocycles. The molecule has 0 unspecified atom stereocenters. The Morgan fingerprint density at radius 1 is 1.43 bits per heavy atom. The molecule has 0 radical (unpaired) electrons. The molecule has 0 aliphatic heterocycles. The maximum absolute atomic E-state index is 11.0. The predicted molar refractivity (Wildman–Crippen MR) is 69.1 cm³/mol. The van der Waals surface area contributed by atoms with E-state index in [4.69, 9.17) is 15.1 Å². The average Bonchev–Trinajstić information content (AvgIpc) is 2.47. The van der Waals surface area contributed by atoms with E-state index in [-0.39, 0.29) is 11.6 Å². The highest BCUT2D eigenvalue weighted by molar-refractivity contribution is 5.92. The largest absolute Gasteiger partial charge is 0.477 e. The summed E-state index contributed by atoms with van der Waals surface area (Å²) < 4.78 is 5.30. The molecule has 0 saturated carbocycles. The van der Waals surface area contributed by atoms with Gasteiger partial charge >= 0.3 is 11.7 Å². The van der Waals surface area contributed by atoms with Crippen molar-refractivity contribution in [3.05, 3.63) is 57.8 Å². The molecule has 1 heterocycles. The van der Waals surface area contributed by atoms with Crippen LogP contribution in [0.15, 0.2) is 36.5 Å². The lowest BCUT2D eigenvalue weighted by Gasteiger charge is -2.05. The van der Waals surface area contributed by atoms with Crippen LogP contribution in [0.25, 0.3) is 0 Å². The van der Waals surface area contributed by atoms with E-state index in [2.05, 4.69) is 4.98 Å². The van der Waals surface area contributed by atoms with Gasteiger partial charge in [0.1, 0.15) is 17.5 Å². The summed E-state index contributed by atoms with van der Waals surface area (Å²) in [6.07, 6.45) is 0.812. The molecule has 8 nitrogen and oxygen atoms in total. The molecule has 1 aromatic heterocycles. The molecule has 0 bridgehead atoms. The summed E-state index contributed by atoms with van der Waals surface area (Å²) >= 11 is 0. The molecule has 0 atom stereocenters. The zero-order valence-corrected chi connectivity index (χ0v) is 10.4. The van der Waals surface area contributed by atoms with E-state index in [0.717, 1.165) is 12.3 Å². The van der Waals surface area contributed by atoms with Crippen molar-refractivity contribution in [1.29, 1.82) is 5.26 Å². The van der Waals surface area contributed by atoms with E-state index < -0.39 is 22.1 Å². The van der Waals surface area contributed by atoms with E-state index in [1.165, 1.54) is 6.07 Å². The lowest BCUT2D eigenvalue weighted by Crippen LogP contribution is -2.04. The summed E-state index contributed by atoms with van der Waals surface area (Å²) in [6, 6.07) is 9.01. The highest BCUT2D eigenvalue weighted by Gasteiger charge is 2.21. The number of nitro groups is 1. The van der Waals surface area contributed by atoms with Crippen molar-refractivity contribution >= 4 is 11.7 Å². The number of ether oxygens (including phenoxy) is 1. The third-order valence-electron chi connectivity index (χ3n) is 2.47. The Hall–Kier alpha value is -3.47. The zero-order valence-electron chi connectivity index (χ0n) is 10.4. The fourth-order valence-electron chi connectivity index (χ4n) is 1.55. The number of carboxylic acids is 1. The normalized spacial score (nSPS) is 9.67. The third-order valence-corrected chi connectivity index (χ3v) is 2.47. The van der Waals surface area contributed by atoms with Gasteiger partial charge in [-0.05, 0) is 18.2 Å². The van der Waals surface area contributed by atoms with Crippen molar-refractivity contribution in [3.8, 4) is 17.7 Å². The van der Waals surface area contributed by atoms with Crippen molar-refractivity contribution in [3.63, 3.8) is 0 Å². The van der Waals surface area contributed by atoms with E-state index in [1.54, 1.807) is 18.2 Å². The second-order valence-electron chi connectivity index (χ2n) is 3.84. The van der Waals surface area contributed by atoms with Gasteiger partial charge in [-0.1, -0.05) is 6.07 Å². The predicted octanol–water partition coefficient (Wildman–Crippen LogP) is 2.35. The van der Waals surface area contributed by atoms with Crippen LogP contribution in [0.3, 0.4) is 0 Å². The molecule has 1 aromatic carbocycles. The molecular formula is C13H7N3O5. The number of rotatable bonds is 4. The number of carbonyl (C=O) groups is 1. The van der Waals surface area contributed by atoms with Gasteiger partial charge in [-0.25, -0.2) is 9.78 Å². The number of hydrogen-bond acceptors (Lipinski definition) is 6. The van der Waals surface area contributed by atoms with Crippen molar-refractivity contribution in [2.75, 3.05) is 0 Å². The molecule has 0 fully saturated rings. The molecule has 2 aromatic rings. The number of carboxylic acid groups (broad SMARTS) is 1. The summed E-state index contributed by atoms with van der Waals surface area (Å²) in [4.78, 5) is 24.6. The Kier molecular flexibility index (Phi) is 3.76. The van der Waals surface area contributed by atoms with Gasteiger partial charge in [0.2, 0.25) is 5.88 Å². The second kappa shape index (κ2) is 5.66. The lowest BCUT2D eigenvalue weighted by atomic mass is 10.2. The van der Waals surface area contributed by atoms with E-state index in [0.29, 0.717) is 5.56 Å². The standard InChI is InChI=1S/C13H7N3O5/c14-6-8-2-1-3-9(4-8)21-12-5-10(13(17)18)11(7-15-12)16(19)20/h1-5,7H,(H,17,18). The van der Waals surface area contributed by atoms with Crippen LogP contribution in [0.5, 0.6) is 11.6 Å². The monoisotopic (exact) mass is 285 g/mol. The molecular weight excluding hydrogens is 278 g/mol. The summed E-state index contributed by atoms with van der Waals surface area (Å²) in [5, 5.41) is 28.4. The minimum atomic E-state index is -1.46. The van der Waals surface area contributed by atoms with Crippen molar-refractivity contribution in [2.45, 2.75) is 0 Å². The Morgan fingerprint density at radius 3 is 2.81 bits per heavy atom. The van der Waals surface area contributed by atoms with Crippen LogP contribution in [0.2, 0.25) is 0 Å².